The van der Waals surface area contributed by atoms with Gasteiger partial charge in [0.25, 0.3) is 5.91 Å². The van der Waals surface area contributed by atoms with Gasteiger partial charge in [0.05, 0.1) is 0 Å². The van der Waals surface area contributed by atoms with Crippen LogP contribution < -0.4 is 5.32 Å². The van der Waals surface area contributed by atoms with E-state index in [4.69, 9.17) is 0 Å². The molecule has 1 rings (SSSR count). The largest absolute Gasteiger partial charge is 0.356 e. The van der Waals surface area contributed by atoms with E-state index in [1.807, 2.05) is 6.92 Å². The van der Waals surface area contributed by atoms with Crippen LogP contribution in [0.15, 0.2) is 12.3 Å². The molecule has 0 saturated heterocycles. The van der Waals surface area contributed by atoms with Crippen LogP contribution in [0.25, 0.3) is 0 Å². The van der Waals surface area contributed by atoms with Gasteiger partial charge in [0.2, 0.25) is 0 Å². The van der Waals surface area contributed by atoms with Gasteiger partial charge < -0.3 is 10.3 Å². The Labute approximate surface area is 108 Å². The van der Waals surface area contributed by atoms with Gasteiger partial charge >= 0.3 is 0 Å². The molecule has 0 saturated carbocycles. The monoisotopic (exact) mass is 250 g/mol. The Morgan fingerprint density at radius 2 is 2.11 bits per heavy atom. The average Bonchev–Trinajstić information content (AvgIpc) is 2.78. The van der Waals surface area contributed by atoms with Crippen LogP contribution in [-0.4, -0.2) is 22.7 Å². The van der Waals surface area contributed by atoms with Gasteiger partial charge in [-0.1, -0.05) is 26.2 Å². The third kappa shape index (κ3) is 4.35. The third-order valence-electron chi connectivity index (χ3n) is 2.95. The minimum atomic E-state index is -0.147. The number of H-pyrrole nitrogens is 1. The highest BCUT2D eigenvalue weighted by Crippen LogP contribution is 2.07. The van der Waals surface area contributed by atoms with Crippen molar-refractivity contribution in [3.8, 4) is 0 Å². The van der Waals surface area contributed by atoms with Crippen LogP contribution >= 0.6 is 0 Å². The summed E-state index contributed by atoms with van der Waals surface area (Å²) in [4.78, 5) is 25.8. The van der Waals surface area contributed by atoms with E-state index in [1.165, 1.54) is 19.8 Å². The molecule has 0 aliphatic rings. The SMILES string of the molecule is CCCCCC(C)NC(=O)c1cc(C(C)=O)c[nH]1. The van der Waals surface area contributed by atoms with Crippen LogP contribution in [0.1, 0.15) is 67.3 Å². The second-order valence-electron chi connectivity index (χ2n) is 4.73. The van der Waals surface area contributed by atoms with Gasteiger partial charge in [-0.25, -0.2) is 0 Å². The first kappa shape index (κ1) is 14.5. The summed E-state index contributed by atoms with van der Waals surface area (Å²) in [5.74, 6) is -0.187. The molecule has 0 bridgehead atoms. The summed E-state index contributed by atoms with van der Waals surface area (Å²) in [7, 11) is 0. The predicted molar refractivity (Wildman–Crippen MR) is 71.9 cm³/mol. The summed E-state index contributed by atoms with van der Waals surface area (Å²) in [5, 5.41) is 2.93. The molecule has 18 heavy (non-hydrogen) atoms. The second kappa shape index (κ2) is 6.99. The standard InChI is InChI=1S/C14H22N2O2/c1-4-5-6-7-10(2)16-14(18)13-8-12(9-15-13)11(3)17/h8-10,15H,4-7H2,1-3H3,(H,16,18). The number of unbranched alkanes of at least 4 members (excludes halogenated alkanes) is 2. The number of nitrogens with one attached hydrogen (secondary N) is 2. The van der Waals surface area contributed by atoms with E-state index in [-0.39, 0.29) is 17.7 Å². The Kier molecular flexibility index (Phi) is 5.62. The third-order valence-corrected chi connectivity index (χ3v) is 2.95. The van der Waals surface area contributed by atoms with Crippen LogP contribution in [0, 0.1) is 0 Å². The molecular weight excluding hydrogens is 228 g/mol. The first-order valence-corrected chi connectivity index (χ1v) is 6.54. The number of amides is 1. The molecule has 0 radical (unpaired) electrons. The maximum atomic E-state index is 11.9. The van der Waals surface area contributed by atoms with Crippen molar-refractivity contribution in [2.45, 2.75) is 52.5 Å². The molecule has 4 nitrogen and oxygen atoms in total. The summed E-state index contributed by atoms with van der Waals surface area (Å²) < 4.78 is 0. The Hall–Kier alpha value is -1.58. The smallest absolute Gasteiger partial charge is 0.267 e. The lowest BCUT2D eigenvalue weighted by molar-refractivity contribution is 0.0933. The quantitative estimate of drug-likeness (QED) is 0.577. The lowest BCUT2D eigenvalue weighted by atomic mass is 10.1. The fourth-order valence-electron chi connectivity index (χ4n) is 1.80. The van der Waals surface area contributed by atoms with Crippen molar-refractivity contribution in [2.24, 2.45) is 0 Å². The van der Waals surface area contributed by atoms with E-state index >= 15 is 0 Å². The maximum absolute atomic E-state index is 11.9. The number of hydrogen-bond acceptors (Lipinski definition) is 2. The Morgan fingerprint density at radius 1 is 1.39 bits per heavy atom. The summed E-state index contributed by atoms with van der Waals surface area (Å²) in [6.07, 6.45) is 6.05. The molecule has 0 aliphatic carbocycles. The number of rotatable bonds is 7. The molecular formula is C14H22N2O2. The zero-order valence-corrected chi connectivity index (χ0v) is 11.4. The molecule has 2 N–H and O–H groups in total. The zero-order chi connectivity index (χ0) is 13.5. The van der Waals surface area contributed by atoms with Crippen molar-refractivity contribution in [3.05, 3.63) is 23.5 Å². The molecule has 1 amide bonds. The lowest BCUT2D eigenvalue weighted by Crippen LogP contribution is -2.32. The number of carbonyl (C=O) groups is 2. The number of Topliss-reactive ketones (excluding diaryl/α,β-unsaturated/α-hetero) is 1. The number of aromatic nitrogens is 1. The Bertz CT molecular complexity index is 410. The average molecular weight is 250 g/mol. The first-order valence-electron chi connectivity index (χ1n) is 6.54. The summed E-state index contributed by atoms with van der Waals surface area (Å²) >= 11 is 0. The van der Waals surface area contributed by atoms with Gasteiger partial charge in [-0.05, 0) is 26.3 Å². The minimum absolute atomic E-state index is 0.0405. The molecule has 0 aliphatic heterocycles. The van der Waals surface area contributed by atoms with Crippen LogP contribution in [-0.2, 0) is 0 Å². The van der Waals surface area contributed by atoms with Gasteiger partial charge in [0, 0.05) is 17.8 Å². The summed E-state index contributed by atoms with van der Waals surface area (Å²) in [5.41, 5.74) is 0.987. The van der Waals surface area contributed by atoms with Crippen LogP contribution in [0.5, 0.6) is 0 Å². The van der Waals surface area contributed by atoms with Crippen molar-refractivity contribution >= 4 is 11.7 Å². The lowest BCUT2D eigenvalue weighted by Gasteiger charge is -2.12. The molecule has 1 aromatic heterocycles. The van der Waals surface area contributed by atoms with Crippen LogP contribution in [0.2, 0.25) is 0 Å². The van der Waals surface area contributed by atoms with Gasteiger partial charge in [-0.3, -0.25) is 9.59 Å². The first-order chi connectivity index (χ1) is 8.54. The molecule has 0 fully saturated rings. The van der Waals surface area contributed by atoms with Crippen molar-refractivity contribution < 1.29 is 9.59 Å². The van der Waals surface area contributed by atoms with Crippen LogP contribution in [0.3, 0.4) is 0 Å². The zero-order valence-electron chi connectivity index (χ0n) is 11.4. The molecule has 100 valence electrons. The molecule has 1 aromatic rings. The van der Waals surface area contributed by atoms with Gasteiger partial charge in [-0.2, -0.15) is 0 Å². The molecule has 1 heterocycles. The van der Waals surface area contributed by atoms with Crippen LogP contribution in [0.4, 0.5) is 0 Å². The summed E-state index contributed by atoms with van der Waals surface area (Å²) in [6, 6.07) is 1.75. The highest BCUT2D eigenvalue weighted by molar-refractivity contribution is 5.99. The molecule has 1 unspecified atom stereocenters. The Balaban J connectivity index is 2.46. The number of ketones is 1. The maximum Gasteiger partial charge on any atom is 0.267 e. The van der Waals surface area contributed by atoms with E-state index in [0.717, 1.165) is 12.8 Å². The van der Waals surface area contributed by atoms with Gasteiger partial charge in [0.15, 0.2) is 5.78 Å². The van der Waals surface area contributed by atoms with Gasteiger partial charge in [0.1, 0.15) is 5.69 Å². The normalized spacial score (nSPS) is 12.2. The minimum Gasteiger partial charge on any atom is -0.356 e. The fraction of sp³-hybridized carbons (Fsp3) is 0.571. The number of carbonyl (C=O) groups excluding carboxylic acids is 2. The van der Waals surface area contributed by atoms with E-state index in [0.29, 0.717) is 11.3 Å². The highest BCUT2D eigenvalue weighted by atomic mass is 16.2. The Morgan fingerprint density at radius 3 is 2.67 bits per heavy atom. The van der Waals surface area contributed by atoms with Gasteiger partial charge in [-0.15, -0.1) is 0 Å². The van der Waals surface area contributed by atoms with E-state index in [9.17, 15) is 9.59 Å². The van der Waals surface area contributed by atoms with E-state index in [1.54, 1.807) is 12.3 Å². The topological polar surface area (TPSA) is 62.0 Å². The fourth-order valence-corrected chi connectivity index (χ4v) is 1.80. The summed E-state index contributed by atoms with van der Waals surface area (Å²) in [6.45, 7) is 5.64. The van der Waals surface area contributed by atoms with Crippen molar-refractivity contribution in [3.63, 3.8) is 0 Å². The van der Waals surface area contributed by atoms with Crippen molar-refractivity contribution in [1.82, 2.24) is 10.3 Å². The predicted octanol–water partition coefficient (Wildman–Crippen LogP) is 2.92. The van der Waals surface area contributed by atoms with Crippen molar-refractivity contribution in [2.75, 3.05) is 0 Å². The number of hydrogen-bond donors (Lipinski definition) is 2. The highest BCUT2D eigenvalue weighted by Gasteiger charge is 2.12. The molecule has 0 aromatic carbocycles. The van der Waals surface area contributed by atoms with E-state index < -0.39 is 0 Å². The van der Waals surface area contributed by atoms with Crippen molar-refractivity contribution in [1.29, 1.82) is 0 Å². The number of aromatic amines is 1. The molecule has 0 spiro atoms. The second-order valence-corrected chi connectivity index (χ2v) is 4.73. The molecule has 4 heteroatoms. The molecule has 1 atom stereocenters. The van der Waals surface area contributed by atoms with E-state index in [2.05, 4.69) is 17.2 Å².